The Kier molecular flexibility index (Phi) is 3.95. The van der Waals surface area contributed by atoms with Crippen LogP contribution in [0.2, 0.25) is 0 Å². The minimum absolute atomic E-state index is 0.136. The van der Waals surface area contributed by atoms with Gasteiger partial charge in [-0.1, -0.05) is 0 Å². The molecule has 0 saturated carbocycles. The number of halogens is 4. The van der Waals surface area contributed by atoms with E-state index >= 15 is 0 Å². The predicted molar refractivity (Wildman–Crippen MR) is 56.3 cm³/mol. The Hall–Kier alpha value is -1.05. The molecule has 90 valence electrons. The summed E-state index contributed by atoms with van der Waals surface area (Å²) in [7, 11) is 0. The highest BCUT2D eigenvalue weighted by molar-refractivity contribution is 9.10. The molecule has 1 unspecified atom stereocenters. The third kappa shape index (κ3) is 3.84. The summed E-state index contributed by atoms with van der Waals surface area (Å²) in [6, 6.07) is -0.833. The van der Waals surface area contributed by atoms with Gasteiger partial charge in [0.25, 0.3) is 5.56 Å². The summed E-state index contributed by atoms with van der Waals surface area (Å²) in [5, 5.41) is 8.19. The van der Waals surface area contributed by atoms with Gasteiger partial charge >= 0.3 is 6.18 Å². The highest BCUT2D eigenvalue weighted by Gasteiger charge is 2.30. The van der Waals surface area contributed by atoms with Gasteiger partial charge in [-0.15, -0.1) is 0 Å². The van der Waals surface area contributed by atoms with Crippen LogP contribution in [-0.2, 0) is 0 Å². The number of anilines is 1. The Morgan fingerprint density at radius 2 is 2.25 bits per heavy atom. The van der Waals surface area contributed by atoms with Crippen molar-refractivity contribution in [1.82, 2.24) is 10.2 Å². The van der Waals surface area contributed by atoms with Crippen LogP contribution >= 0.6 is 15.9 Å². The van der Waals surface area contributed by atoms with Crippen LogP contribution in [-0.4, -0.2) is 22.4 Å². The Morgan fingerprint density at radius 3 is 2.81 bits per heavy atom. The van der Waals surface area contributed by atoms with Crippen LogP contribution in [0.3, 0.4) is 0 Å². The molecule has 0 bridgehead atoms. The fourth-order valence-corrected chi connectivity index (χ4v) is 1.45. The number of nitrogens with one attached hydrogen (secondary N) is 2. The third-order valence-corrected chi connectivity index (χ3v) is 2.52. The second kappa shape index (κ2) is 4.86. The minimum atomic E-state index is -4.24. The smallest absolute Gasteiger partial charge is 0.380 e. The monoisotopic (exact) mass is 299 g/mol. The summed E-state index contributed by atoms with van der Waals surface area (Å²) in [4.78, 5) is 11.1. The molecule has 1 atom stereocenters. The molecular weight excluding hydrogens is 291 g/mol. The maximum Gasteiger partial charge on any atom is 0.391 e. The molecule has 2 N–H and O–H groups in total. The van der Waals surface area contributed by atoms with Gasteiger partial charge in [0, 0.05) is 6.04 Å². The van der Waals surface area contributed by atoms with E-state index in [9.17, 15) is 18.0 Å². The first kappa shape index (κ1) is 13.0. The molecule has 0 saturated heterocycles. The van der Waals surface area contributed by atoms with Gasteiger partial charge in [-0.05, 0) is 22.9 Å². The molecule has 8 heteroatoms. The molecule has 1 aromatic rings. The second-order valence-corrected chi connectivity index (χ2v) is 4.08. The van der Waals surface area contributed by atoms with Crippen LogP contribution < -0.4 is 10.9 Å². The number of alkyl halides is 3. The fraction of sp³-hybridized carbons (Fsp3) is 0.500. The van der Waals surface area contributed by atoms with E-state index in [0.29, 0.717) is 0 Å². The Morgan fingerprint density at radius 1 is 1.62 bits per heavy atom. The molecule has 0 spiro atoms. The highest BCUT2D eigenvalue weighted by atomic mass is 79.9. The molecule has 0 aliphatic carbocycles. The van der Waals surface area contributed by atoms with Crippen molar-refractivity contribution >= 4 is 21.6 Å². The van der Waals surface area contributed by atoms with Crippen molar-refractivity contribution in [1.29, 1.82) is 0 Å². The zero-order chi connectivity index (χ0) is 12.3. The molecule has 1 heterocycles. The third-order valence-electron chi connectivity index (χ3n) is 1.74. The number of hydrogen-bond donors (Lipinski definition) is 2. The number of aromatic amines is 1. The van der Waals surface area contributed by atoms with Crippen LogP contribution in [0, 0.1) is 0 Å². The lowest BCUT2D eigenvalue weighted by atomic mass is 10.2. The van der Waals surface area contributed by atoms with Gasteiger partial charge in [0.2, 0.25) is 0 Å². The lowest BCUT2D eigenvalue weighted by Gasteiger charge is -2.17. The van der Waals surface area contributed by atoms with Gasteiger partial charge in [-0.2, -0.15) is 18.3 Å². The standard InChI is InChI=1S/C8H9BrF3N3O/c1-4(2-8(10,11)12)14-5-3-13-15-7(16)6(5)9/h3-4H,2H2,1H3,(H2,14,15,16). The summed E-state index contributed by atoms with van der Waals surface area (Å²) in [6.45, 7) is 1.38. The summed E-state index contributed by atoms with van der Waals surface area (Å²) in [6.07, 6.45) is -3.97. The van der Waals surface area contributed by atoms with Crippen LogP contribution in [0.25, 0.3) is 0 Å². The molecule has 0 fully saturated rings. The topological polar surface area (TPSA) is 57.8 Å². The average Bonchev–Trinajstić information content (AvgIpc) is 2.09. The largest absolute Gasteiger partial charge is 0.391 e. The normalized spacial score (nSPS) is 13.6. The molecule has 0 amide bonds. The van der Waals surface area contributed by atoms with E-state index in [2.05, 4.69) is 31.4 Å². The van der Waals surface area contributed by atoms with Crippen molar-refractivity contribution in [3.8, 4) is 0 Å². The van der Waals surface area contributed by atoms with Crippen molar-refractivity contribution in [3.05, 3.63) is 21.0 Å². The van der Waals surface area contributed by atoms with Crippen molar-refractivity contribution in [2.24, 2.45) is 0 Å². The van der Waals surface area contributed by atoms with Crippen LogP contribution in [0.4, 0.5) is 18.9 Å². The Labute approximate surface area is 97.4 Å². The zero-order valence-electron chi connectivity index (χ0n) is 8.23. The summed E-state index contributed by atoms with van der Waals surface area (Å²) in [5.74, 6) is 0. The van der Waals surface area contributed by atoms with Gasteiger partial charge < -0.3 is 5.32 Å². The first-order chi connectivity index (χ1) is 7.29. The molecule has 1 aromatic heterocycles. The number of nitrogens with zero attached hydrogens (tertiary/aromatic N) is 1. The van der Waals surface area contributed by atoms with E-state index < -0.39 is 24.2 Å². The van der Waals surface area contributed by atoms with Crippen LogP contribution in [0.15, 0.2) is 15.5 Å². The maximum atomic E-state index is 12.1. The van der Waals surface area contributed by atoms with E-state index in [4.69, 9.17) is 0 Å². The Bertz CT molecular complexity index is 418. The summed E-state index contributed by atoms with van der Waals surface area (Å²) in [5.41, 5.74) is -0.260. The fourth-order valence-electron chi connectivity index (χ4n) is 1.15. The molecular formula is C8H9BrF3N3O. The lowest BCUT2D eigenvalue weighted by Crippen LogP contribution is -2.25. The van der Waals surface area contributed by atoms with Crippen LogP contribution in [0.5, 0.6) is 0 Å². The molecule has 4 nitrogen and oxygen atoms in total. The van der Waals surface area contributed by atoms with Gasteiger partial charge in [0.1, 0.15) is 4.47 Å². The molecule has 1 rings (SSSR count). The number of aromatic nitrogens is 2. The zero-order valence-corrected chi connectivity index (χ0v) is 9.82. The molecule has 0 aliphatic heterocycles. The summed E-state index contributed by atoms with van der Waals surface area (Å²) >= 11 is 2.96. The van der Waals surface area contributed by atoms with Crippen molar-refractivity contribution in [2.45, 2.75) is 25.6 Å². The van der Waals surface area contributed by atoms with E-state index in [1.54, 1.807) is 0 Å². The predicted octanol–water partition coefficient (Wildman–Crippen LogP) is 2.29. The lowest BCUT2D eigenvalue weighted by molar-refractivity contribution is -0.136. The number of hydrogen-bond acceptors (Lipinski definition) is 3. The van der Waals surface area contributed by atoms with Crippen molar-refractivity contribution in [2.75, 3.05) is 5.32 Å². The minimum Gasteiger partial charge on any atom is -0.380 e. The SMILES string of the molecule is CC(CC(F)(F)F)Nc1cn[nH]c(=O)c1Br. The molecule has 0 aliphatic rings. The summed E-state index contributed by atoms with van der Waals surface area (Å²) < 4.78 is 36.3. The van der Waals surface area contributed by atoms with Gasteiger partial charge in [-0.25, -0.2) is 5.10 Å². The van der Waals surface area contributed by atoms with E-state index in [-0.39, 0.29) is 10.2 Å². The quantitative estimate of drug-likeness (QED) is 0.900. The first-order valence-electron chi connectivity index (χ1n) is 4.36. The van der Waals surface area contributed by atoms with Crippen molar-refractivity contribution in [3.63, 3.8) is 0 Å². The average molecular weight is 300 g/mol. The van der Waals surface area contributed by atoms with Gasteiger partial charge in [0.05, 0.1) is 18.3 Å². The van der Waals surface area contributed by atoms with Crippen molar-refractivity contribution < 1.29 is 13.2 Å². The van der Waals surface area contributed by atoms with E-state index in [1.807, 2.05) is 0 Å². The Balaban J connectivity index is 2.74. The van der Waals surface area contributed by atoms with Crippen LogP contribution in [0.1, 0.15) is 13.3 Å². The van der Waals surface area contributed by atoms with E-state index in [1.165, 1.54) is 13.1 Å². The van der Waals surface area contributed by atoms with Gasteiger partial charge in [0.15, 0.2) is 0 Å². The molecule has 0 radical (unpaired) electrons. The second-order valence-electron chi connectivity index (χ2n) is 3.29. The molecule has 16 heavy (non-hydrogen) atoms. The molecule has 0 aromatic carbocycles. The number of rotatable bonds is 3. The van der Waals surface area contributed by atoms with Gasteiger partial charge in [-0.3, -0.25) is 4.79 Å². The maximum absolute atomic E-state index is 12.1. The first-order valence-corrected chi connectivity index (χ1v) is 5.15. The van der Waals surface area contributed by atoms with E-state index in [0.717, 1.165) is 0 Å². The highest BCUT2D eigenvalue weighted by Crippen LogP contribution is 2.24. The number of H-pyrrole nitrogens is 1.